The third kappa shape index (κ3) is 4.77. The van der Waals surface area contributed by atoms with Gasteiger partial charge < -0.3 is 10.2 Å². The van der Waals surface area contributed by atoms with Crippen LogP contribution >= 0.6 is 11.3 Å². The standard InChI is InChI=1S/C28H25N3O2S/c32-26(21-12-6-2-7-13-21)29-23-16-18-31(19-17-23)28(33)25-24(20-10-4-1-5-11-20)30-27(34-25)22-14-8-3-9-15-22/h1-15,23H,16-19H2,(H,29,32). The molecule has 4 aromatic rings. The van der Waals surface area contributed by atoms with E-state index in [2.05, 4.69) is 5.32 Å². The molecule has 1 N–H and O–H groups in total. The lowest BCUT2D eigenvalue weighted by Crippen LogP contribution is -2.46. The minimum Gasteiger partial charge on any atom is -0.349 e. The van der Waals surface area contributed by atoms with Gasteiger partial charge in [0.05, 0.1) is 5.69 Å². The molecule has 1 aliphatic rings. The van der Waals surface area contributed by atoms with Crippen molar-refractivity contribution >= 4 is 23.2 Å². The number of likely N-dealkylation sites (tertiary alicyclic amines) is 1. The molecule has 0 radical (unpaired) electrons. The van der Waals surface area contributed by atoms with Crippen molar-refractivity contribution in [2.24, 2.45) is 0 Å². The first-order chi connectivity index (χ1) is 16.7. The number of hydrogen-bond donors (Lipinski definition) is 1. The molecule has 34 heavy (non-hydrogen) atoms. The number of hydrogen-bond acceptors (Lipinski definition) is 4. The number of thiazole rings is 1. The zero-order valence-corrected chi connectivity index (χ0v) is 19.5. The van der Waals surface area contributed by atoms with Crippen molar-refractivity contribution in [2.45, 2.75) is 18.9 Å². The Hall–Kier alpha value is -3.77. The molecule has 6 heteroatoms. The van der Waals surface area contributed by atoms with Crippen LogP contribution in [0.5, 0.6) is 0 Å². The fourth-order valence-corrected chi connectivity index (χ4v) is 5.25. The van der Waals surface area contributed by atoms with Crippen LogP contribution in [-0.2, 0) is 0 Å². The second-order valence-electron chi connectivity index (χ2n) is 8.33. The molecule has 0 saturated carbocycles. The molecule has 170 valence electrons. The highest BCUT2D eigenvalue weighted by atomic mass is 32.1. The molecule has 2 amide bonds. The molecular weight excluding hydrogens is 442 g/mol. The summed E-state index contributed by atoms with van der Waals surface area (Å²) in [6.45, 7) is 1.21. The number of rotatable bonds is 5. The Morgan fingerprint density at radius 1 is 0.794 bits per heavy atom. The summed E-state index contributed by atoms with van der Waals surface area (Å²) in [5.41, 5.74) is 3.33. The minimum absolute atomic E-state index is 0.00590. The zero-order chi connectivity index (χ0) is 23.3. The number of piperidine rings is 1. The van der Waals surface area contributed by atoms with Gasteiger partial charge >= 0.3 is 0 Å². The lowest BCUT2D eigenvalue weighted by Gasteiger charge is -2.32. The highest BCUT2D eigenvalue weighted by Crippen LogP contribution is 2.35. The summed E-state index contributed by atoms with van der Waals surface area (Å²) in [6, 6.07) is 29.1. The van der Waals surface area contributed by atoms with Gasteiger partial charge in [-0.05, 0) is 25.0 Å². The monoisotopic (exact) mass is 467 g/mol. The highest BCUT2D eigenvalue weighted by molar-refractivity contribution is 7.17. The van der Waals surface area contributed by atoms with Gasteiger partial charge in [0.2, 0.25) is 0 Å². The van der Waals surface area contributed by atoms with Gasteiger partial charge in [-0.25, -0.2) is 4.98 Å². The van der Waals surface area contributed by atoms with Crippen LogP contribution in [0, 0.1) is 0 Å². The van der Waals surface area contributed by atoms with Gasteiger partial charge in [-0.15, -0.1) is 11.3 Å². The van der Waals surface area contributed by atoms with Crippen molar-refractivity contribution in [2.75, 3.05) is 13.1 Å². The van der Waals surface area contributed by atoms with E-state index in [-0.39, 0.29) is 17.9 Å². The van der Waals surface area contributed by atoms with Crippen LogP contribution < -0.4 is 5.32 Å². The summed E-state index contributed by atoms with van der Waals surface area (Å²) in [6.07, 6.45) is 1.46. The molecular formula is C28H25N3O2S. The number of nitrogens with zero attached hydrogens (tertiary/aromatic N) is 2. The molecule has 1 fully saturated rings. The van der Waals surface area contributed by atoms with E-state index < -0.39 is 0 Å². The summed E-state index contributed by atoms with van der Waals surface area (Å²) in [5, 5.41) is 3.95. The van der Waals surface area contributed by atoms with Crippen LogP contribution in [-0.4, -0.2) is 40.8 Å². The van der Waals surface area contributed by atoms with Crippen LogP contribution in [0.15, 0.2) is 91.0 Å². The zero-order valence-electron chi connectivity index (χ0n) is 18.7. The van der Waals surface area contributed by atoms with Gasteiger partial charge in [-0.2, -0.15) is 0 Å². The molecule has 0 unspecified atom stereocenters. The Bertz CT molecular complexity index is 1270. The van der Waals surface area contributed by atoms with Gasteiger partial charge in [-0.3, -0.25) is 9.59 Å². The number of amides is 2. The Labute approximate surface area is 203 Å². The molecule has 2 heterocycles. The normalized spacial score (nSPS) is 14.1. The van der Waals surface area contributed by atoms with Gasteiger partial charge in [0.1, 0.15) is 9.88 Å². The molecule has 3 aromatic carbocycles. The predicted molar refractivity (Wildman–Crippen MR) is 136 cm³/mol. The average Bonchev–Trinajstić information content (AvgIpc) is 3.36. The number of benzene rings is 3. The van der Waals surface area contributed by atoms with Crippen molar-refractivity contribution in [3.05, 3.63) is 101 Å². The van der Waals surface area contributed by atoms with E-state index in [9.17, 15) is 9.59 Å². The van der Waals surface area contributed by atoms with Gasteiger partial charge in [0, 0.05) is 35.8 Å². The average molecular weight is 468 g/mol. The molecule has 0 bridgehead atoms. The second-order valence-corrected chi connectivity index (χ2v) is 9.33. The van der Waals surface area contributed by atoms with Gasteiger partial charge in [0.15, 0.2) is 0 Å². The Kier molecular flexibility index (Phi) is 6.49. The molecule has 1 aliphatic heterocycles. The summed E-state index contributed by atoms with van der Waals surface area (Å²) in [5.74, 6) is -0.0573. The van der Waals surface area contributed by atoms with Crippen LogP contribution in [0.1, 0.15) is 32.9 Å². The Morgan fingerprint density at radius 3 is 1.97 bits per heavy atom. The lowest BCUT2D eigenvalue weighted by molar-refractivity contribution is 0.0703. The van der Waals surface area contributed by atoms with E-state index in [0.29, 0.717) is 23.5 Å². The van der Waals surface area contributed by atoms with Crippen molar-refractivity contribution in [3.8, 4) is 21.8 Å². The van der Waals surface area contributed by atoms with Gasteiger partial charge in [0.25, 0.3) is 11.8 Å². The number of carbonyl (C=O) groups excluding carboxylic acids is 2. The molecule has 1 saturated heterocycles. The lowest BCUT2D eigenvalue weighted by atomic mass is 10.0. The SMILES string of the molecule is O=C(NC1CCN(C(=O)c2sc(-c3ccccc3)nc2-c2ccccc2)CC1)c1ccccc1. The van der Waals surface area contributed by atoms with E-state index in [0.717, 1.165) is 34.7 Å². The Morgan fingerprint density at radius 2 is 1.35 bits per heavy atom. The van der Waals surface area contributed by atoms with Crippen molar-refractivity contribution in [1.82, 2.24) is 15.2 Å². The van der Waals surface area contributed by atoms with Crippen molar-refractivity contribution in [1.29, 1.82) is 0 Å². The predicted octanol–water partition coefficient (Wildman–Crippen LogP) is 5.51. The molecule has 0 aliphatic carbocycles. The number of aromatic nitrogens is 1. The largest absolute Gasteiger partial charge is 0.349 e. The van der Waals surface area contributed by atoms with E-state index in [1.807, 2.05) is 95.9 Å². The van der Waals surface area contributed by atoms with E-state index in [1.165, 1.54) is 11.3 Å². The summed E-state index contributed by atoms with van der Waals surface area (Å²) < 4.78 is 0. The topological polar surface area (TPSA) is 62.3 Å². The van der Waals surface area contributed by atoms with Crippen LogP contribution in [0.2, 0.25) is 0 Å². The third-order valence-corrected chi connectivity index (χ3v) is 7.14. The first kappa shape index (κ1) is 22.0. The number of nitrogens with one attached hydrogen (secondary N) is 1. The van der Waals surface area contributed by atoms with Crippen LogP contribution in [0.4, 0.5) is 0 Å². The molecule has 0 atom stereocenters. The van der Waals surface area contributed by atoms with E-state index >= 15 is 0 Å². The maximum atomic E-state index is 13.6. The van der Waals surface area contributed by atoms with Crippen molar-refractivity contribution < 1.29 is 9.59 Å². The van der Waals surface area contributed by atoms with Gasteiger partial charge in [-0.1, -0.05) is 78.9 Å². The molecule has 1 aromatic heterocycles. The summed E-state index contributed by atoms with van der Waals surface area (Å²) >= 11 is 1.45. The maximum absolute atomic E-state index is 13.6. The first-order valence-corrected chi connectivity index (χ1v) is 12.3. The van der Waals surface area contributed by atoms with E-state index in [4.69, 9.17) is 4.98 Å². The Balaban J connectivity index is 1.32. The van der Waals surface area contributed by atoms with Crippen LogP contribution in [0.3, 0.4) is 0 Å². The smallest absolute Gasteiger partial charge is 0.266 e. The molecule has 5 nitrogen and oxygen atoms in total. The fraction of sp³-hybridized carbons (Fsp3) is 0.179. The second kappa shape index (κ2) is 10.0. The third-order valence-electron chi connectivity index (χ3n) is 6.04. The van der Waals surface area contributed by atoms with Crippen LogP contribution in [0.25, 0.3) is 21.8 Å². The van der Waals surface area contributed by atoms with E-state index in [1.54, 1.807) is 0 Å². The minimum atomic E-state index is -0.0632. The summed E-state index contributed by atoms with van der Waals surface area (Å²) in [7, 11) is 0. The number of carbonyl (C=O) groups is 2. The fourth-order valence-electron chi connectivity index (χ4n) is 4.19. The summed E-state index contributed by atoms with van der Waals surface area (Å²) in [4.78, 5) is 33.5. The maximum Gasteiger partial charge on any atom is 0.266 e. The highest BCUT2D eigenvalue weighted by Gasteiger charge is 2.29. The first-order valence-electron chi connectivity index (χ1n) is 11.5. The molecule has 5 rings (SSSR count). The quantitative estimate of drug-likeness (QED) is 0.421. The molecule has 0 spiro atoms. The van der Waals surface area contributed by atoms with Crippen molar-refractivity contribution in [3.63, 3.8) is 0 Å².